The smallest absolute Gasteiger partial charge is 0.344 e. The topological polar surface area (TPSA) is 198 Å². The van der Waals surface area contributed by atoms with Crippen molar-refractivity contribution in [3.05, 3.63) is 69.8 Å². The molecule has 48 heavy (non-hydrogen) atoms. The number of carbonyl (C=O) groups is 8. The summed E-state index contributed by atoms with van der Waals surface area (Å²) in [6, 6.07) is 8.57. The zero-order chi connectivity index (χ0) is 35.8. The van der Waals surface area contributed by atoms with Crippen molar-refractivity contribution in [2.75, 3.05) is 26.4 Å². The highest BCUT2D eigenvalue weighted by Gasteiger charge is 2.53. The fourth-order valence-corrected chi connectivity index (χ4v) is 5.50. The van der Waals surface area contributed by atoms with Crippen LogP contribution in [0.1, 0.15) is 84.5 Å². The number of fused-ring (bicyclic) bond motifs is 2. The summed E-state index contributed by atoms with van der Waals surface area (Å²) >= 11 is 0. The average Bonchev–Trinajstić information content (AvgIpc) is 3.03. The van der Waals surface area contributed by atoms with Gasteiger partial charge in [0.2, 0.25) is 22.9 Å². The molecule has 0 aliphatic heterocycles. The van der Waals surface area contributed by atoms with Gasteiger partial charge in [-0.05, 0) is 51.0 Å². The summed E-state index contributed by atoms with van der Waals surface area (Å²) in [4.78, 5) is 107. The van der Waals surface area contributed by atoms with E-state index in [0.717, 1.165) is 13.8 Å². The van der Waals surface area contributed by atoms with Crippen LogP contribution in [-0.2, 0) is 60.6 Å². The van der Waals surface area contributed by atoms with Crippen LogP contribution in [0.15, 0.2) is 36.4 Å². The van der Waals surface area contributed by atoms with E-state index in [2.05, 4.69) is 10.6 Å². The Balaban J connectivity index is 2.45. The summed E-state index contributed by atoms with van der Waals surface area (Å²) < 4.78 is 20.8. The van der Waals surface area contributed by atoms with E-state index in [0.29, 0.717) is 0 Å². The van der Waals surface area contributed by atoms with Crippen molar-refractivity contribution in [1.82, 2.24) is 10.6 Å². The number of nitrogens with one attached hydrogen (secondary N) is 2. The third kappa shape index (κ3) is 7.27. The van der Waals surface area contributed by atoms with Crippen molar-refractivity contribution in [1.29, 1.82) is 0 Å². The van der Waals surface area contributed by atoms with Crippen molar-refractivity contribution in [2.45, 2.75) is 65.5 Å². The fourth-order valence-electron chi connectivity index (χ4n) is 5.50. The Bertz CT molecular complexity index is 1510. The maximum Gasteiger partial charge on any atom is 0.344 e. The number of ketones is 2. The van der Waals surface area contributed by atoms with Crippen molar-refractivity contribution in [2.24, 2.45) is 0 Å². The minimum atomic E-state index is -2.52. The summed E-state index contributed by atoms with van der Waals surface area (Å²) in [6.45, 7) is 7.25. The SMILES string of the molecule is CCOC(=O)C(Cc1cc2c(cc1CC(NC(C)=O)(C(=O)OCC)C(=O)OCC)C(=O)c1ccccc1C2=O)(NC(C)=O)C(=O)OCC. The number of hydrogen-bond acceptors (Lipinski definition) is 12. The monoisotopic (exact) mass is 666 g/mol. The first-order valence-corrected chi connectivity index (χ1v) is 15.3. The van der Waals surface area contributed by atoms with Crippen molar-refractivity contribution < 1.29 is 57.3 Å². The molecule has 0 spiro atoms. The van der Waals surface area contributed by atoms with E-state index >= 15 is 0 Å². The van der Waals surface area contributed by atoms with Gasteiger partial charge >= 0.3 is 23.9 Å². The molecule has 0 saturated heterocycles. The second-order valence-corrected chi connectivity index (χ2v) is 10.8. The van der Waals surface area contributed by atoms with Gasteiger partial charge in [0.25, 0.3) is 0 Å². The van der Waals surface area contributed by atoms with Crippen LogP contribution in [-0.4, -0.2) is 84.8 Å². The fraction of sp³-hybridized carbons (Fsp3) is 0.412. The number of esters is 4. The van der Waals surface area contributed by atoms with Crippen molar-refractivity contribution >= 4 is 47.3 Å². The third-order valence-corrected chi connectivity index (χ3v) is 7.43. The maximum atomic E-state index is 13.7. The van der Waals surface area contributed by atoms with Gasteiger partial charge in [0.05, 0.1) is 26.4 Å². The Morgan fingerprint density at radius 2 is 0.833 bits per heavy atom. The van der Waals surface area contributed by atoms with Crippen LogP contribution < -0.4 is 10.6 Å². The molecular formula is C34H38N2O12. The molecule has 3 rings (SSSR count). The Kier molecular flexibility index (Phi) is 11.9. The predicted molar refractivity (Wildman–Crippen MR) is 167 cm³/mol. The van der Waals surface area contributed by atoms with E-state index in [4.69, 9.17) is 18.9 Å². The van der Waals surface area contributed by atoms with Gasteiger partial charge in [0.15, 0.2) is 11.6 Å². The Morgan fingerprint density at radius 3 is 1.08 bits per heavy atom. The Hall–Kier alpha value is -5.40. The molecule has 2 amide bonds. The molecule has 14 nitrogen and oxygen atoms in total. The van der Waals surface area contributed by atoms with Gasteiger partial charge in [0.1, 0.15) is 0 Å². The van der Waals surface area contributed by atoms with E-state index < -0.39 is 71.2 Å². The lowest BCUT2D eigenvalue weighted by Gasteiger charge is -2.33. The van der Waals surface area contributed by atoms with Gasteiger partial charge < -0.3 is 29.6 Å². The molecule has 2 N–H and O–H groups in total. The second-order valence-electron chi connectivity index (χ2n) is 10.8. The molecule has 0 saturated carbocycles. The molecule has 256 valence electrons. The predicted octanol–water partition coefficient (Wildman–Crippen LogP) is 1.55. The van der Waals surface area contributed by atoms with Crippen LogP contribution in [0.3, 0.4) is 0 Å². The largest absolute Gasteiger partial charge is 0.464 e. The molecule has 2 aromatic carbocycles. The quantitative estimate of drug-likeness (QED) is 0.143. The van der Waals surface area contributed by atoms with Crippen molar-refractivity contribution in [3.63, 3.8) is 0 Å². The molecule has 0 bridgehead atoms. The van der Waals surface area contributed by atoms with Crippen LogP contribution in [0.2, 0.25) is 0 Å². The minimum absolute atomic E-state index is 0.0486. The van der Waals surface area contributed by atoms with E-state index in [9.17, 15) is 38.4 Å². The van der Waals surface area contributed by atoms with E-state index in [1.807, 2.05) is 0 Å². The number of benzene rings is 2. The molecule has 2 aromatic rings. The van der Waals surface area contributed by atoms with Crippen LogP contribution in [0.25, 0.3) is 0 Å². The Morgan fingerprint density at radius 1 is 0.542 bits per heavy atom. The molecule has 1 aliphatic carbocycles. The van der Waals surface area contributed by atoms with Gasteiger partial charge in [-0.1, -0.05) is 24.3 Å². The van der Waals surface area contributed by atoms with Crippen LogP contribution in [0.4, 0.5) is 0 Å². The summed E-state index contributed by atoms with van der Waals surface area (Å²) in [5, 5.41) is 4.68. The normalized spacial score (nSPS) is 12.2. The second kappa shape index (κ2) is 15.5. The molecule has 0 unspecified atom stereocenters. The minimum Gasteiger partial charge on any atom is -0.464 e. The average molecular weight is 667 g/mol. The zero-order valence-electron chi connectivity index (χ0n) is 27.6. The van der Waals surface area contributed by atoms with Gasteiger partial charge in [-0.3, -0.25) is 19.2 Å². The third-order valence-electron chi connectivity index (χ3n) is 7.43. The van der Waals surface area contributed by atoms with E-state index in [1.165, 1.54) is 52.0 Å². The molecule has 1 aliphatic rings. The van der Waals surface area contributed by atoms with Gasteiger partial charge in [-0.15, -0.1) is 0 Å². The number of carbonyl (C=O) groups excluding carboxylic acids is 8. The highest BCUT2D eigenvalue weighted by atomic mass is 16.6. The highest BCUT2D eigenvalue weighted by Crippen LogP contribution is 2.34. The first-order chi connectivity index (χ1) is 22.7. The number of amides is 2. The molecule has 14 heteroatoms. The molecule has 0 atom stereocenters. The number of rotatable bonds is 14. The lowest BCUT2D eigenvalue weighted by Crippen LogP contribution is -2.63. The van der Waals surface area contributed by atoms with E-state index in [1.54, 1.807) is 12.1 Å². The standard InChI is InChI=1S/C34H38N2O12/c1-7-45-29(41)33(35-19(5)37,30(42)46-8-2)17-21-15-25-26(28(40)24-14-12-11-13-23(24)27(25)39)16-22(21)18-34(36-20(6)38,31(43)47-9-3)32(44)48-10-4/h11-16H,7-10,17-18H2,1-6H3,(H,35,37)(H,36,38). The molecule has 0 fully saturated rings. The lowest BCUT2D eigenvalue weighted by molar-refractivity contribution is -0.169. The van der Waals surface area contributed by atoms with Crippen LogP contribution in [0.5, 0.6) is 0 Å². The van der Waals surface area contributed by atoms with Crippen LogP contribution >= 0.6 is 0 Å². The molecular weight excluding hydrogens is 628 g/mol. The zero-order valence-corrected chi connectivity index (χ0v) is 27.6. The summed E-state index contributed by atoms with van der Waals surface area (Å²) in [5.74, 6) is -7.54. The lowest BCUT2D eigenvalue weighted by atomic mass is 9.77. The first-order valence-electron chi connectivity index (χ1n) is 15.3. The molecule has 0 aromatic heterocycles. The highest BCUT2D eigenvalue weighted by molar-refractivity contribution is 6.28. The number of hydrogen-bond donors (Lipinski definition) is 2. The van der Waals surface area contributed by atoms with Gasteiger partial charge in [0, 0.05) is 48.9 Å². The van der Waals surface area contributed by atoms with Gasteiger partial charge in [-0.2, -0.15) is 0 Å². The van der Waals surface area contributed by atoms with Gasteiger partial charge in [-0.25, -0.2) is 19.2 Å². The summed E-state index contributed by atoms with van der Waals surface area (Å²) in [7, 11) is 0. The number of ether oxygens (including phenoxy) is 4. The summed E-state index contributed by atoms with van der Waals surface area (Å²) in [5.41, 5.74) is -5.17. The molecule has 0 heterocycles. The summed E-state index contributed by atoms with van der Waals surface area (Å²) in [6.07, 6.45) is -1.45. The maximum absolute atomic E-state index is 13.7. The molecule has 0 radical (unpaired) electrons. The first kappa shape index (κ1) is 37.1. The Labute approximate surface area is 276 Å². The van der Waals surface area contributed by atoms with E-state index in [-0.39, 0.29) is 59.8 Å². The van der Waals surface area contributed by atoms with Crippen molar-refractivity contribution in [3.8, 4) is 0 Å². The van der Waals surface area contributed by atoms with Crippen LogP contribution in [0, 0.1) is 0 Å².